The van der Waals surface area contributed by atoms with Crippen LogP contribution in [0.2, 0.25) is 10.0 Å². The van der Waals surface area contributed by atoms with Gasteiger partial charge in [0, 0.05) is 28.9 Å². The SMILES string of the molecule is CCCCCC.Cc1cc(-c2cc(C(N)=O)ccc2Cl)ccc1N(C)C(=O)c1c(F)cccc1Cl. The molecule has 2 amide bonds. The first-order chi connectivity index (χ1) is 16.6. The molecule has 0 aromatic heterocycles. The van der Waals surface area contributed by atoms with Crippen LogP contribution in [0.15, 0.2) is 54.6 Å². The van der Waals surface area contributed by atoms with Gasteiger partial charge in [0.25, 0.3) is 5.91 Å². The molecule has 3 aromatic rings. The zero-order valence-corrected chi connectivity index (χ0v) is 22.0. The van der Waals surface area contributed by atoms with E-state index in [9.17, 15) is 14.0 Å². The number of anilines is 1. The summed E-state index contributed by atoms with van der Waals surface area (Å²) in [5, 5.41) is 0.510. The standard InChI is InChI=1S/C22H17Cl2FN2O2.C6H14/c1-12-10-13(15-11-14(21(26)28)6-8-16(15)23)7-9-19(12)27(2)22(29)20-17(24)4-3-5-18(20)25;1-3-5-6-4-2/h3-11H,1-2H3,(H2,26,28);3-6H2,1-2H3. The minimum atomic E-state index is -0.682. The van der Waals surface area contributed by atoms with Crippen molar-refractivity contribution in [1.82, 2.24) is 0 Å². The van der Waals surface area contributed by atoms with Crippen LogP contribution >= 0.6 is 23.2 Å². The summed E-state index contributed by atoms with van der Waals surface area (Å²) in [4.78, 5) is 25.6. The van der Waals surface area contributed by atoms with E-state index in [1.54, 1.807) is 37.4 Å². The van der Waals surface area contributed by atoms with Crippen molar-refractivity contribution >= 4 is 40.7 Å². The third-order valence-electron chi connectivity index (χ3n) is 5.56. The van der Waals surface area contributed by atoms with E-state index < -0.39 is 17.6 Å². The monoisotopic (exact) mass is 516 g/mol. The van der Waals surface area contributed by atoms with Gasteiger partial charge in [-0.25, -0.2) is 4.39 Å². The highest BCUT2D eigenvalue weighted by Gasteiger charge is 2.22. The molecule has 0 bridgehead atoms. The molecule has 3 aromatic carbocycles. The number of amides is 2. The maximum Gasteiger partial charge on any atom is 0.262 e. The molecule has 0 radical (unpaired) electrons. The number of carbonyl (C=O) groups excluding carboxylic acids is 2. The second-order valence-electron chi connectivity index (χ2n) is 8.23. The second-order valence-corrected chi connectivity index (χ2v) is 9.04. The highest BCUT2D eigenvalue weighted by Crippen LogP contribution is 2.33. The topological polar surface area (TPSA) is 63.4 Å². The van der Waals surface area contributed by atoms with Crippen LogP contribution in [0.25, 0.3) is 11.1 Å². The summed E-state index contributed by atoms with van der Waals surface area (Å²) in [6, 6.07) is 14.2. The zero-order valence-electron chi connectivity index (χ0n) is 20.5. The van der Waals surface area contributed by atoms with Crippen molar-refractivity contribution < 1.29 is 14.0 Å². The van der Waals surface area contributed by atoms with Crippen molar-refractivity contribution in [2.45, 2.75) is 46.5 Å². The number of benzene rings is 3. The minimum absolute atomic E-state index is 0.0474. The molecule has 0 aliphatic rings. The molecule has 0 atom stereocenters. The van der Waals surface area contributed by atoms with E-state index in [-0.39, 0.29) is 10.6 Å². The predicted molar refractivity (Wildman–Crippen MR) is 144 cm³/mol. The molecule has 2 N–H and O–H groups in total. The Bertz CT molecular complexity index is 1170. The van der Waals surface area contributed by atoms with Gasteiger partial charge in [-0.05, 0) is 60.5 Å². The molecule has 0 heterocycles. The van der Waals surface area contributed by atoms with Crippen molar-refractivity contribution in [1.29, 1.82) is 0 Å². The molecule has 3 rings (SSSR count). The third-order valence-corrected chi connectivity index (χ3v) is 6.20. The number of nitrogens with two attached hydrogens (primary N) is 1. The molecule has 186 valence electrons. The highest BCUT2D eigenvalue weighted by molar-refractivity contribution is 6.34. The van der Waals surface area contributed by atoms with Crippen molar-refractivity contribution in [3.05, 3.63) is 87.2 Å². The Morgan fingerprint density at radius 2 is 1.60 bits per heavy atom. The number of rotatable bonds is 7. The van der Waals surface area contributed by atoms with Gasteiger partial charge in [0.1, 0.15) is 5.82 Å². The van der Waals surface area contributed by atoms with Crippen LogP contribution in [0, 0.1) is 12.7 Å². The number of halogens is 3. The number of aryl methyl sites for hydroxylation is 1. The first kappa shape index (κ1) is 28.3. The van der Waals surface area contributed by atoms with Crippen molar-refractivity contribution in [3.8, 4) is 11.1 Å². The summed E-state index contributed by atoms with van der Waals surface area (Å²) < 4.78 is 14.1. The van der Waals surface area contributed by atoms with E-state index in [1.807, 2.05) is 13.0 Å². The lowest BCUT2D eigenvalue weighted by molar-refractivity contribution is 0.0985. The summed E-state index contributed by atoms with van der Waals surface area (Å²) in [5.41, 5.74) is 8.24. The molecule has 0 spiro atoms. The van der Waals surface area contributed by atoms with Crippen LogP contribution in [0.1, 0.15) is 65.8 Å². The summed E-state index contributed by atoms with van der Waals surface area (Å²) in [6.45, 7) is 6.28. The van der Waals surface area contributed by atoms with E-state index in [0.717, 1.165) is 11.1 Å². The average Bonchev–Trinajstić information content (AvgIpc) is 2.82. The Hall–Kier alpha value is -2.89. The number of hydrogen-bond acceptors (Lipinski definition) is 2. The summed E-state index contributed by atoms with van der Waals surface area (Å²) in [5.74, 6) is -1.79. The molecule has 0 saturated carbocycles. The first-order valence-electron chi connectivity index (χ1n) is 11.5. The van der Waals surface area contributed by atoms with Gasteiger partial charge >= 0.3 is 0 Å². The van der Waals surface area contributed by atoms with Gasteiger partial charge in [-0.1, -0.05) is 74.9 Å². The molecule has 0 aliphatic carbocycles. The smallest absolute Gasteiger partial charge is 0.262 e. The minimum Gasteiger partial charge on any atom is -0.366 e. The van der Waals surface area contributed by atoms with E-state index in [4.69, 9.17) is 28.9 Å². The number of carbonyl (C=O) groups is 2. The van der Waals surface area contributed by atoms with Crippen molar-refractivity contribution in [2.24, 2.45) is 5.73 Å². The number of unbranched alkanes of at least 4 members (excludes halogenated alkanes) is 3. The van der Waals surface area contributed by atoms with Crippen LogP contribution in [-0.4, -0.2) is 18.9 Å². The Kier molecular flexibility index (Phi) is 10.7. The Labute approximate surface area is 216 Å². The van der Waals surface area contributed by atoms with Crippen LogP contribution in [0.5, 0.6) is 0 Å². The number of primary amides is 1. The normalized spacial score (nSPS) is 10.4. The molecule has 0 saturated heterocycles. The largest absolute Gasteiger partial charge is 0.366 e. The van der Waals surface area contributed by atoms with Gasteiger partial charge in [0.05, 0.1) is 10.6 Å². The van der Waals surface area contributed by atoms with E-state index in [1.165, 1.54) is 48.8 Å². The van der Waals surface area contributed by atoms with Gasteiger partial charge < -0.3 is 10.6 Å². The lowest BCUT2D eigenvalue weighted by atomic mass is 9.99. The summed E-state index contributed by atoms with van der Waals surface area (Å²) in [7, 11) is 1.55. The van der Waals surface area contributed by atoms with Gasteiger partial charge in [0.15, 0.2) is 0 Å². The zero-order chi connectivity index (χ0) is 26.1. The van der Waals surface area contributed by atoms with Crippen molar-refractivity contribution in [2.75, 3.05) is 11.9 Å². The fourth-order valence-electron chi connectivity index (χ4n) is 3.58. The lowest BCUT2D eigenvalue weighted by Crippen LogP contribution is -2.28. The fourth-order valence-corrected chi connectivity index (χ4v) is 4.05. The molecule has 0 unspecified atom stereocenters. The fraction of sp³-hybridized carbons (Fsp3) is 0.286. The number of hydrogen-bond donors (Lipinski definition) is 1. The van der Waals surface area contributed by atoms with Crippen molar-refractivity contribution in [3.63, 3.8) is 0 Å². The van der Waals surface area contributed by atoms with E-state index in [2.05, 4.69) is 13.8 Å². The Morgan fingerprint density at radius 3 is 2.14 bits per heavy atom. The third kappa shape index (κ3) is 7.30. The highest BCUT2D eigenvalue weighted by atomic mass is 35.5. The molecule has 7 heteroatoms. The Morgan fingerprint density at radius 1 is 0.943 bits per heavy atom. The predicted octanol–water partition coefficient (Wildman–Crippen LogP) is 8.07. The maximum atomic E-state index is 14.1. The van der Waals surface area contributed by atoms with Crippen LogP contribution in [0.3, 0.4) is 0 Å². The van der Waals surface area contributed by atoms with Crippen LogP contribution in [-0.2, 0) is 0 Å². The molecule has 0 aliphatic heterocycles. The molecule has 35 heavy (non-hydrogen) atoms. The van der Waals surface area contributed by atoms with E-state index in [0.29, 0.717) is 21.8 Å². The average molecular weight is 517 g/mol. The van der Waals surface area contributed by atoms with E-state index >= 15 is 0 Å². The van der Waals surface area contributed by atoms with Gasteiger partial charge in [-0.2, -0.15) is 0 Å². The van der Waals surface area contributed by atoms with Crippen LogP contribution < -0.4 is 10.6 Å². The second kappa shape index (κ2) is 13.3. The van der Waals surface area contributed by atoms with Gasteiger partial charge in [-0.15, -0.1) is 0 Å². The first-order valence-corrected chi connectivity index (χ1v) is 12.3. The summed E-state index contributed by atoms with van der Waals surface area (Å²) in [6.07, 6.45) is 5.54. The maximum absolute atomic E-state index is 14.1. The van der Waals surface area contributed by atoms with Gasteiger partial charge in [0.2, 0.25) is 5.91 Å². The molecule has 0 fully saturated rings. The molecular formula is C28H31Cl2FN2O2. The van der Waals surface area contributed by atoms with Gasteiger partial charge in [-0.3, -0.25) is 9.59 Å². The summed E-state index contributed by atoms with van der Waals surface area (Å²) >= 11 is 12.3. The number of nitrogens with zero attached hydrogens (tertiary/aromatic N) is 1. The quantitative estimate of drug-likeness (QED) is 0.322. The Balaban J connectivity index is 0.000000641. The lowest BCUT2D eigenvalue weighted by Gasteiger charge is -2.21. The van der Waals surface area contributed by atoms with Crippen LogP contribution in [0.4, 0.5) is 10.1 Å². The molecular weight excluding hydrogens is 486 g/mol. The molecule has 4 nitrogen and oxygen atoms in total.